The van der Waals surface area contributed by atoms with Crippen LogP contribution in [0.15, 0.2) is 61.3 Å². The fourth-order valence-electron chi connectivity index (χ4n) is 4.51. The lowest BCUT2D eigenvalue weighted by atomic mass is 10.1. The number of hydrogen-bond donors (Lipinski definition) is 1. The molecule has 2 aromatic carbocycles. The van der Waals surface area contributed by atoms with E-state index in [0.717, 1.165) is 43.8 Å². The number of benzene rings is 2. The monoisotopic (exact) mass is 418 g/mol. The van der Waals surface area contributed by atoms with E-state index in [1.165, 1.54) is 22.9 Å². The second-order valence-corrected chi connectivity index (χ2v) is 8.45. The molecule has 160 valence electrons. The van der Waals surface area contributed by atoms with Gasteiger partial charge in [0.25, 0.3) is 0 Å². The highest BCUT2D eigenvalue weighted by Crippen LogP contribution is 2.23. The van der Waals surface area contributed by atoms with Crippen LogP contribution < -0.4 is 0 Å². The zero-order valence-electron chi connectivity index (χ0n) is 17.7. The molecule has 0 bridgehead atoms. The van der Waals surface area contributed by atoms with Crippen LogP contribution in [0.4, 0.5) is 4.39 Å². The van der Waals surface area contributed by atoms with Gasteiger partial charge in [0.15, 0.2) is 0 Å². The van der Waals surface area contributed by atoms with E-state index in [0.29, 0.717) is 6.04 Å². The van der Waals surface area contributed by atoms with Gasteiger partial charge in [0.2, 0.25) is 0 Å². The predicted octanol–water partition coefficient (Wildman–Crippen LogP) is 3.64. The third kappa shape index (κ3) is 4.38. The predicted molar refractivity (Wildman–Crippen MR) is 120 cm³/mol. The molecule has 4 aromatic rings. The maximum absolute atomic E-state index is 13.1. The molecule has 1 fully saturated rings. The summed E-state index contributed by atoms with van der Waals surface area (Å²) in [6.07, 6.45) is 7.74. The van der Waals surface area contributed by atoms with Gasteiger partial charge >= 0.3 is 0 Å². The standard InChI is InChI=1S/C24H27FN6/c1-29(22-9-11-30(15-22)14-18-2-4-20(25)5-3-18)10-8-19-13-26-24-7-6-21(12-23(19)24)31-16-27-28-17-31/h2-7,12-13,16-17,22,26H,8-11,14-15H2,1H3. The summed E-state index contributed by atoms with van der Waals surface area (Å²) in [5.74, 6) is -0.172. The molecule has 3 heterocycles. The average Bonchev–Trinajstić information content (AvgIpc) is 3.54. The van der Waals surface area contributed by atoms with Crippen molar-refractivity contribution in [3.8, 4) is 5.69 Å². The number of hydrogen-bond acceptors (Lipinski definition) is 4. The second kappa shape index (κ2) is 8.61. The molecule has 1 saturated heterocycles. The Labute approximate surface area is 181 Å². The third-order valence-corrected chi connectivity index (χ3v) is 6.39. The van der Waals surface area contributed by atoms with Crippen LogP contribution >= 0.6 is 0 Å². The molecule has 1 atom stereocenters. The minimum Gasteiger partial charge on any atom is -0.361 e. The van der Waals surface area contributed by atoms with Crippen LogP contribution in [0.5, 0.6) is 0 Å². The van der Waals surface area contributed by atoms with Gasteiger partial charge < -0.3 is 9.88 Å². The molecule has 1 unspecified atom stereocenters. The fourth-order valence-corrected chi connectivity index (χ4v) is 4.51. The molecule has 1 N–H and O–H groups in total. The number of aromatic nitrogens is 4. The van der Waals surface area contributed by atoms with Crippen LogP contribution in [-0.4, -0.2) is 62.3 Å². The van der Waals surface area contributed by atoms with Gasteiger partial charge in [-0.25, -0.2) is 4.39 Å². The van der Waals surface area contributed by atoms with E-state index in [-0.39, 0.29) is 5.82 Å². The maximum atomic E-state index is 13.1. The van der Waals surface area contributed by atoms with Gasteiger partial charge in [-0.2, -0.15) is 0 Å². The second-order valence-electron chi connectivity index (χ2n) is 8.45. The normalized spacial score (nSPS) is 17.2. The van der Waals surface area contributed by atoms with Gasteiger partial charge in [0.05, 0.1) is 0 Å². The molecule has 0 saturated carbocycles. The lowest BCUT2D eigenvalue weighted by molar-refractivity contribution is 0.231. The minimum atomic E-state index is -0.172. The molecular formula is C24H27FN6. The van der Waals surface area contributed by atoms with Gasteiger partial charge in [0, 0.05) is 55.0 Å². The van der Waals surface area contributed by atoms with Crippen molar-refractivity contribution in [2.75, 3.05) is 26.7 Å². The Morgan fingerprint density at radius 1 is 1.13 bits per heavy atom. The highest BCUT2D eigenvalue weighted by Gasteiger charge is 2.25. The minimum absolute atomic E-state index is 0.172. The first-order chi connectivity index (χ1) is 15.2. The molecule has 2 aromatic heterocycles. The van der Waals surface area contributed by atoms with Gasteiger partial charge in [-0.3, -0.25) is 9.47 Å². The Kier molecular flexibility index (Phi) is 5.53. The molecule has 0 aliphatic carbocycles. The largest absolute Gasteiger partial charge is 0.361 e. The van der Waals surface area contributed by atoms with Crippen molar-refractivity contribution in [2.24, 2.45) is 0 Å². The number of rotatable bonds is 7. The summed E-state index contributed by atoms with van der Waals surface area (Å²) in [7, 11) is 2.23. The number of nitrogens with one attached hydrogen (secondary N) is 1. The van der Waals surface area contributed by atoms with E-state index in [9.17, 15) is 4.39 Å². The molecule has 0 radical (unpaired) electrons. The Morgan fingerprint density at radius 3 is 2.74 bits per heavy atom. The summed E-state index contributed by atoms with van der Waals surface area (Å²) in [5.41, 5.74) is 4.73. The third-order valence-electron chi connectivity index (χ3n) is 6.39. The number of likely N-dealkylation sites (N-methyl/N-ethyl adjacent to an activating group) is 1. The summed E-state index contributed by atoms with van der Waals surface area (Å²) in [5, 5.41) is 9.07. The molecule has 5 rings (SSSR count). The van der Waals surface area contributed by atoms with E-state index in [1.54, 1.807) is 24.8 Å². The SMILES string of the molecule is CN(CCc1c[nH]c2ccc(-n3cnnc3)cc12)C1CCN(Cc2ccc(F)cc2)C1. The van der Waals surface area contributed by atoms with Crippen molar-refractivity contribution >= 4 is 10.9 Å². The van der Waals surface area contributed by atoms with Gasteiger partial charge in [0.1, 0.15) is 18.5 Å². The van der Waals surface area contributed by atoms with E-state index >= 15 is 0 Å². The van der Waals surface area contributed by atoms with Crippen molar-refractivity contribution in [3.05, 3.63) is 78.3 Å². The molecule has 1 aliphatic heterocycles. The van der Waals surface area contributed by atoms with Crippen LogP contribution in [0.2, 0.25) is 0 Å². The first-order valence-corrected chi connectivity index (χ1v) is 10.8. The lowest BCUT2D eigenvalue weighted by Crippen LogP contribution is -2.35. The molecule has 0 amide bonds. The van der Waals surface area contributed by atoms with Crippen LogP contribution in [0.1, 0.15) is 17.5 Å². The Bertz CT molecular complexity index is 1130. The zero-order chi connectivity index (χ0) is 21.2. The van der Waals surface area contributed by atoms with Crippen LogP contribution in [0.3, 0.4) is 0 Å². The number of halogens is 1. The summed E-state index contributed by atoms with van der Waals surface area (Å²) < 4.78 is 15.1. The van der Waals surface area contributed by atoms with Crippen molar-refractivity contribution in [3.63, 3.8) is 0 Å². The lowest BCUT2D eigenvalue weighted by Gasteiger charge is -2.24. The average molecular weight is 419 g/mol. The molecule has 7 heteroatoms. The van der Waals surface area contributed by atoms with Crippen LogP contribution in [0, 0.1) is 5.82 Å². The number of aromatic amines is 1. The summed E-state index contributed by atoms with van der Waals surface area (Å²) in [6.45, 7) is 4.04. The van der Waals surface area contributed by atoms with Crippen molar-refractivity contribution in [2.45, 2.75) is 25.4 Å². The maximum Gasteiger partial charge on any atom is 0.123 e. The van der Waals surface area contributed by atoms with Gasteiger partial charge in [-0.15, -0.1) is 10.2 Å². The van der Waals surface area contributed by atoms with Crippen LogP contribution in [0.25, 0.3) is 16.6 Å². The van der Waals surface area contributed by atoms with E-state index in [4.69, 9.17) is 0 Å². The molecule has 0 spiro atoms. The molecule has 6 nitrogen and oxygen atoms in total. The summed E-state index contributed by atoms with van der Waals surface area (Å²) in [6, 6.07) is 13.8. The van der Waals surface area contributed by atoms with Gasteiger partial charge in [-0.1, -0.05) is 12.1 Å². The highest BCUT2D eigenvalue weighted by molar-refractivity contribution is 5.85. The Balaban J connectivity index is 1.20. The molecule has 31 heavy (non-hydrogen) atoms. The van der Waals surface area contributed by atoms with E-state index in [1.807, 2.05) is 16.7 Å². The first-order valence-electron chi connectivity index (χ1n) is 10.8. The highest BCUT2D eigenvalue weighted by atomic mass is 19.1. The van der Waals surface area contributed by atoms with Crippen LogP contribution in [-0.2, 0) is 13.0 Å². The van der Waals surface area contributed by atoms with Crippen molar-refractivity contribution < 1.29 is 4.39 Å². The fraction of sp³-hybridized carbons (Fsp3) is 0.333. The first kappa shape index (κ1) is 19.9. The number of likely N-dealkylation sites (tertiary alicyclic amines) is 1. The smallest absolute Gasteiger partial charge is 0.123 e. The topological polar surface area (TPSA) is 53.0 Å². The summed E-state index contributed by atoms with van der Waals surface area (Å²) in [4.78, 5) is 8.34. The Hall–Kier alpha value is -3.03. The van der Waals surface area contributed by atoms with Crippen molar-refractivity contribution in [1.82, 2.24) is 29.5 Å². The number of nitrogens with zero attached hydrogens (tertiary/aromatic N) is 5. The zero-order valence-corrected chi connectivity index (χ0v) is 17.7. The quantitative estimate of drug-likeness (QED) is 0.498. The number of fused-ring (bicyclic) bond motifs is 1. The van der Waals surface area contributed by atoms with E-state index in [2.05, 4.69) is 56.4 Å². The van der Waals surface area contributed by atoms with Gasteiger partial charge in [-0.05, 0) is 61.3 Å². The summed E-state index contributed by atoms with van der Waals surface area (Å²) >= 11 is 0. The van der Waals surface area contributed by atoms with Crippen molar-refractivity contribution in [1.29, 1.82) is 0 Å². The number of H-pyrrole nitrogens is 1. The Morgan fingerprint density at radius 2 is 1.94 bits per heavy atom. The molecule has 1 aliphatic rings. The van der Waals surface area contributed by atoms with E-state index < -0.39 is 0 Å². The molecular weight excluding hydrogens is 391 g/mol.